The molecule has 0 aliphatic carbocycles. The molecule has 162 valence electrons. The number of aliphatic hydroxyl groups excluding tert-OH is 1. The number of hydrogen-bond donors (Lipinski definition) is 2. The van der Waals surface area contributed by atoms with Crippen molar-refractivity contribution in [2.24, 2.45) is 0 Å². The van der Waals surface area contributed by atoms with E-state index in [4.69, 9.17) is 0 Å². The van der Waals surface area contributed by atoms with Crippen molar-refractivity contribution in [2.75, 3.05) is 32.7 Å². The molecule has 1 aromatic rings. The van der Waals surface area contributed by atoms with Crippen LogP contribution in [0.5, 0.6) is 0 Å². The first kappa shape index (κ1) is 22.0. The monoisotopic (exact) mass is 417 g/mol. The Balaban J connectivity index is 1.50. The molecule has 0 radical (unpaired) electrons. The van der Waals surface area contributed by atoms with E-state index in [2.05, 4.69) is 10.2 Å². The van der Waals surface area contributed by atoms with Crippen LogP contribution >= 0.6 is 0 Å². The van der Waals surface area contributed by atoms with Crippen molar-refractivity contribution in [1.29, 1.82) is 0 Å². The van der Waals surface area contributed by atoms with Crippen LogP contribution in [0.3, 0.4) is 0 Å². The lowest BCUT2D eigenvalue weighted by Gasteiger charge is -2.39. The highest BCUT2D eigenvalue weighted by molar-refractivity contribution is 5.82. The SMILES string of the molecule is O=C(NC[C@@H](O)c1ccccc1F)[C@@H]1CCCN1C1CCN(CC(F)(F)F)CC1. The molecule has 9 heteroatoms. The number of nitrogens with zero attached hydrogens (tertiary/aromatic N) is 2. The summed E-state index contributed by atoms with van der Waals surface area (Å²) in [6.07, 6.45) is -2.63. The summed E-state index contributed by atoms with van der Waals surface area (Å²) in [5.74, 6) is -0.752. The topological polar surface area (TPSA) is 55.8 Å². The van der Waals surface area contributed by atoms with Crippen LogP contribution in [-0.2, 0) is 4.79 Å². The van der Waals surface area contributed by atoms with Gasteiger partial charge in [0.25, 0.3) is 0 Å². The zero-order valence-electron chi connectivity index (χ0n) is 16.2. The van der Waals surface area contributed by atoms with Gasteiger partial charge in [-0.25, -0.2) is 4.39 Å². The van der Waals surface area contributed by atoms with Crippen LogP contribution in [0.15, 0.2) is 24.3 Å². The zero-order valence-corrected chi connectivity index (χ0v) is 16.2. The minimum absolute atomic E-state index is 0.0780. The van der Waals surface area contributed by atoms with Crippen LogP contribution in [-0.4, -0.2) is 71.8 Å². The lowest BCUT2D eigenvalue weighted by Crippen LogP contribution is -2.52. The van der Waals surface area contributed by atoms with Crippen molar-refractivity contribution in [3.05, 3.63) is 35.6 Å². The molecule has 0 spiro atoms. The maximum absolute atomic E-state index is 13.7. The Bertz CT molecular complexity index is 693. The number of amides is 1. The number of likely N-dealkylation sites (tertiary alicyclic amines) is 2. The van der Waals surface area contributed by atoms with E-state index in [0.717, 1.165) is 13.0 Å². The summed E-state index contributed by atoms with van der Waals surface area (Å²) in [4.78, 5) is 16.1. The zero-order chi connectivity index (χ0) is 21.0. The molecule has 0 unspecified atom stereocenters. The average Bonchev–Trinajstić information content (AvgIpc) is 3.15. The number of aliphatic hydroxyl groups is 1. The third kappa shape index (κ3) is 5.90. The van der Waals surface area contributed by atoms with Gasteiger partial charge in [-0.15, -0.1) is 0 Å². The number of carbonyl (C=O) groups is 1. The molecule has 0 bridgehead atoms. The van der Waals surface area contributed by atoms with Gasteiger partial charge in [0.15, 0.2) is 0 Å². The highest BCUT2D eigenvalue weighted by atomic mass is 19.4. The number of rotatable bonds is 6. The Morgan fingerprint density at radius 1 is 1.17 bits per heavy atom. The predicted octanol–water partition coefficient (Wildman–Crippen LogP) is 2.47. The van der Waals surface area contributed by atoms with E-state index in [-0.39, 0.29) is 30.1 Å². The van der Waals surface area contributed by atoms with E-state index in [1.807, 2.05) is 0 Å². The fraction of sp³-hybridized carbons (Fsp3) is 0.650. The molecule has 2 atom stereocenters. The second-order valence-electron chi connectivity index (χ2n) is 7.80. The van der Waals surface area contributed by atoms with Gasteiger partial charge < -0.3 is 10.4 Å². The number of benzene rings is 1. The van der Waals surface area contributed by atoms with Gasteiger partial charge in [-0.05, 0) is 51.4 Å². The molecule has 2 aliphatic rings. The maximum atomic E-state index is 13.7. The quantitative estimate of drug-likeness (QED) is 0.699. The van der Waals surface area contributed by atoms with Gasteiger partial charge in [0, 0.05) is 18.2 Å². The number of nitrogens with one attached hydrogen (secondary N) is 1. The Labute approximate surface area is 167 Å². The van der Waals surface area contributed by atoms with E-state index in [1.54, 1.807) is 6.07 Å². The van der Waals surface area contributed by atoms with Crippen molar-refractivity contribution in [2.45, 2.75) is 50.0 Å². The van der Waals surface area contributed by atoms with Crippen LogP contribution < -0.4 is 5.32 Å². The molecule has 0 aromatic heterocycles. The molecule has 1 aromatic carbocycles. The Morgan fingerprint density at radius 2 is 1.86 bits per heavy atom. The lowest BCUT2D eigenvalue weighted by atomic mass is 10.0. The maximum Gasteiger partial charge on any atom is 0.401 e. The normalized spacial score (nSPS) is 23.3. The van der Waals surface area contributed by atoms with Crippen molar-refractivity contribution in [3.8, 4) is 0 Å². The average molecular weight is 417 g/mol. The lowest BCUT2D eigenvalue weighted by molar-refractivity contribution is -0.149. The number of hydrogen-bond acceptors (Lipinski definition) is 4. The number of alkyl halides is 3. The summed E-state index contributed by atoms with van der Waals surface area (Å²) in [5.41, 5.74) is 0.133. The van der Waals surface area contributed by atoms with Crippen molar-refractivity contribution in [3.63, 3.8) is 0 Å². The Kier molecular flexibility index (Phi) is 7.13. The van der Waals surface area contributed by atoms with Crippen LogP contribution in [0.25, 0.3) is 0 Å². The smallest absolute Gasteiger partial charge is 0.386 e. The van der Waals surface area contributed by atoms with Gasteiger partial charge in [0.05, 0.1) is 18.7 Å². The molecular weight excluding hydrogens is 390 g/mol. The highest BCUT2D eigenvalue weighted by Crippen LogP contribution is 2.28. The van der Waals surface area contributed by atoms with Gasteiger partial charge in [-0.3, -0.25) is 14.6 Å². The van der Waals surface area contributed by atoms with E-state index in [0.29, 0.717) is 32.4 Å². The fourth-order valence-corrected chi connectivity index (χ4v) is 4.34. The molecule has 5 nitrogen and oxygen atoms in total. The minimum atomic E-state index is -4.19. The first-order valence-electron chi connectivity index (χ1n) is 9.99. The first-order chi connectivity index (χ1) is 13.7. The molecular formula is C20H27F4N3O2. The molecule has 2 fully saturated rings. The molecule has 3 rings (SSSR count). The second kappa shape index (κ2) is 9.40. The molecule has 1 amide bonds. The van der Waals surface area contributed by atoms with E-state index < -0.39 is 24.6 Å². The Morgan fingerprint density at radius 3 is 2.52 bits per heavy atom. The molecule has 29 heavy (non-hydrogen) atoms. The van der Waals surface area contributed by atoms with Crippen LogP contribution in [0.2, 0.25) is 0 Å². The standard InChI is InChI=1S/C20H27F4N3O2/c21-16-5-2-1-4-15(16)18(28)12-25-19(29)17-6-3-9-27(17)14-7-10-26(11-8-14)13-20(22,23)24/h1-2,4-5,14,17-18,28H,3,6-13H2,(H,25,29)/t17-,18+/m0/s1. The summed E-state index contributed by atoms with van der Waals surface area (Å²) < 4.78 is 51.4. The van der Waals surface area contributed by atoms with Gasteiger partial charge in [-0.2, -0.15) is 13.2 Å². The van der Waals surface area contributed by atoms with Gasteiger partial charge >= 0.3 is 6.18 Å². The minimum Gasteiger partial charge on any atom is -0.386 e. The van der Waals surface area contributed by atoms with Crippen LogP contribution in [0.1, 0.15) is 37.4 Å². The van der Waals surface area contributed by atoms with E-state index >= 15 is 0 Å². The molecule has 0 saturated carbocycles. The summed E-state index contributed by atoms with van der Waals surface area (Å²) >= 11 is 0. The molecule has 2 aliphatic heterocycles. The van der Waals surface area contributed by atoms with Gasteiger partial charge in [0.2, 0.25) is 5.91 Å². The summed E-state index contributed by atoms with van der Waals surface area (Å²) in [6.45, 7) is 0.478. The van der Waals surface area contributed by atoms with Crippen molar-refractivity contribution in [1.82, 2.24) is 15.1 Å². The molecule has 2 saturated heterocycles. The summed E-state index contributed by atoms with van der Waals surface area (Å²) in [6, 6.07) is 5.59. The number of carbonyl (C=O) groups excluding carboxylic acids is 1. The molecule has 2 N–H and O–H groups in total. The summed E-state index contributed by atoms with van der Waals surface area (Å²) in [7, 11) is 0. The van der Waals surface area contributed by atoms with Crippen LogP contribution in [0.4, 0.5) is 17.6 Å². The van der Waals surface area contributed by atoms with Crippen LogP contribution in [0, 0.1) is 5.82 Å². The number of halogens is 4. The third-order valence-corrected chi connectivity index (χ3v) is 5.76. The summed E-state index contributed by atoms with van der Waals surface area (Å²) in [5, 5.41) is 12.9. The largest absolute Gasteiger partial charge is 0.401 e. The molecule has 2 heterocycles. The van der Waals surface area contributed by atoms with Gasteiger partial charge in [-0.1, -0.05) is 18.2 Å². The van der Waals surface area contributed by atoms with E-state index in [9.17, 15) is 27.5 Å². The van der Waals surface area contributed by atoms with Crippen molar-refractivity contribution < 1.29 is 27.5 Å². The Hall–Kier alpha value is -1.71. The predicted molar refractivity (Wildman–Crippen MR) is 99.6 cm³/mol. The fourth-order valence-electron chi connectivity index (χ4n) is 4.34. The third-order valence-electron chi connectivity index (χ3n) is 5.76. The van der Waals surface area contributed by atoms with Crippen molar-refractivity contribution >= 4 is 5.91 Å². The first-order valence-corrected chi connectivity index (χ1v) is 9.99. The highest BCUT2D eigenvalue weighted by Gasteiger charge is 2.38. The number of piperidine rings is 1. The second-order valence-corrected chi connectivity index (χ2v) is 7.80. The van der Waals surface area contributed by atoms with Gasteiger partial charge in [0.1, 0.15) is 5.82 Å². The van der Waals surface area contributed by atoms with E-state index in [1.165, 1.54) is 23.1 Å².